The van der Waals surface area contributed by atoms with Gasteiger partial charge in [0, 0.05) is 20.2 Å². The summed E-state index contributed by atoms with van der Waals surface area (Å²) in [7, 11) is 3.27. The number of aliphatic hydroxyl groups is 1. The van der Waals surface area contributed by atoms with Gasteiger partial charge in [-0.05, 0) is 24.7 Å². The van der Waals surface area contributed by atoms with E-state index in [0.717, 1.165) is 19.4 Å². The van der Waals surface area contributed by atoms with Crippen molar-refractivity contribution in [1.82, 2.24) is 15.0 Å². The van der Waals surface area contributed by atoms with Crippen molar-refractivity contribution in [2.75, 3.05) is 37.9 Å². The van der Waals surface area contributed by atoms with Crippen molar-refractivity contribution in [2.45, 2.75) is 19.3 Å². The van der Waals surface area contributed by atoms with E-state index in [1.807, 2.05) is 0 Å². The maximum atomic E-state index is 9.30. The van der Waals surface area contributed by atoms with Crippen molar-refractivity contribution in [3.05, 3.63) is 0 Å². The molecule has 19 heavy (non-hydrogen) atoms. The lowest BCUT2D eigenvalue weighted by molar-refractivity contribution is 0.198. The standard InChI is InChI=1S/C12H21N5O2/c1-13-10-15-11(17-12(16-10)19-2)14-6-8-4-3-5-9(8)7-18/h8-9,18H,3-7H2,1-2H3,(H2,13,14,15,16,17). The molecule has 0 spiro atoms. The van der Waals surface area contributed by atoms with Crippen LogP contribution in [0.15, 0.2) is 0 Å². The Morgan fingerprint density at radius 2 is 1.95 bits per heavy atom. The second-order valence-electron chi connectivity index (χ2n) is 4.73. The van der Waals surface area contributed by atoms with Crippen LogP contribution in [0.1, 0.15) is 19.3 Å². The average Bonchev–Trinajstić information content (AvgIpc) is 2.92. The molecule has 3 N–H and O–H groups in total. The zero-order chi connectivity index (χ0) is 13.7. The van der Waals surface area contributed by atoms with Gasteiger partial charge in [0.1, 0.15) is 0 Å². The van der Waals surface area contributed by atoms with E-state index in [4.69, 9.17) is 4.74 Å². The first-order chi connectivity index (χ1) is 9.26. The molecular weight excluding hydrogens is 246 g/mol. The van der Waals surface area contributed by atoms with Crippen LogP contribution in [0, 0.1) is 11.8 Å². The molecule has 1 fully saturated rings. The largest absolute Gasteiger partial charge is 0.467 e. The van der Waals surface area contributed by atoms with Crippen molar-refractivity contribution in [3.63, 3.8) is 0 Å². The molecule has 1 aliphatic rings. The molecule has 7 nitrogen and oxygen atoms in total. The van der Waals surface area contributed by atoms with Crippen molar-refractivity contribution < 1.29 is 9.84 Å². The van der Waals surface area contributed by atoms with Gasteiger partial charge in [0.15, 0.2) is 0 Å². The van der Waals surface area contributed by atoms with Gasteiger partial charge in [-0.2, -0.15) is 15.0 Å². The average molecular weight is 267 g/mol. The second kappa shape index (κ2) is 6.51. The smallest absolute Gasteiger partial charge is 0.322 e. The van der Waals surface area contributed by atoms with Gasteiger partial charge in [-0.1, -0.05) is 6.42 Å². The number of nitrogens with one attached hydrogen (secondary N) is 2. The lowest BCUT2D eigenvalue weighted by Crippen LogP contribution is -2.22. The SMILES string of the molecule is CNc1nc(NCC2CCCC2CO)nc(OC)n1. The summed E-state index contributed by atoms with van der Waals surface area (Å²) in [4.78, 5) is 12.4. The molecule has 0 amide bonds. The molecular formula is C12H21N5O2. The molecule has 1 saturated carbocycles. The number of hydrogen-bond acceptors (Lipinski definition) is 7. The Balaban J connectivity index is 1.98. The van der Waals surface area contributed by atoms with Gasteiger partial charge < -0.3 is 20.5 Å². The lowest BCUT2D eigenvalue weighted by atomic mass is 9.97. The van der Waals surface area contributed by atoms with Crippen molar-refractivity contribution >= 4 is 11.9 Å². The van der Waals surface area contributed by atoms with E-state index in [1.165, 1.54) is 13.5 Å². The molecule has 106 valence electrons. The molecule has 2 unspecified atom stereocenters. The minimum atomic E-state index is 0.259. The number of aliphatic hydroxyl groups excluding tert-OH is 1. The van der Waals surface area contributed by atoms with Gasteiger partial charge >= 0.3 is 6.01 Å². The highest BCUT2D eigenvalue weighted by Crippen LogP contribution is 2.31. The predicted molar refractivity (Wildman–Crippen MR) is 72.3 cm³/mol. The monoisotopic (exact) mass is 267 g/mol. The van der Waals surface area contributed by atoms with Crippen LogP contribution in [-0.2, 0) is 0 Å². The van der Waals surface area contributed by atoms with E-state index in [-0.39, 0.29) is 12.6 Å². The van der Waals surface area contributed by atoms with Crippen LogP contribution in [0.2, 0.25) is 0 Å². The molecule has 0 bridgehead atoms. The maximum absolute atomic E-state index is 9.30. The summed E-state index contributed by atoms with van der Waals surface area (Å²) in [6.45, 7) is 1.02. The summed E-state index contributed by atoms with van der Waals surface area (Å²) in [6, 6.07) is 0.284. The minimum Gasteiger partial charge on any atom is -0.467 e. The molecule has 0 aliphatic heterocycles. The van der Waals surface area contributed by atoms with Crippen LogP contribution in [0.3, 0.4) is 0 Å². The number of aromatic nitrogens is 3. The number of hydrogen-bond donors (Lipinski definition) is 3. The fourth-order valence-corrected chi connectivity index (χ4v) is 2.48. The Labute approximate surface area is 112 Å². The van der Waals surface area contributed by atoms with Crippen LogP contribution in [0.25, 0.3) is 0 Å². The van der Waals surface area contributed by atoms with Crippen molar-refractivity contribution in [3.8, 4) is 6.01 Å². The molecule has 1 aromatic rings. The molecule has 0 aromatic carbocycles. The van der Waals surface area contributed by atoms with Gasteiger partial charge in [-0.3, -0.25) is 0 Å². The fraction of sp³-hybridized carbons (Fsp3) is 0.750. The van der Waals surface area contributed by atoms with Crippen LogP contribution in [0.5, 0.6) is 6.01 Å². The van der Waals surface area contributed by atoms with Gasteiger partial charge in [0.05, 0.1) is 7.11 Å². The number of anilines is 2. The summed E-state index contributed by atoms with van der Waals surface area (Å²) < 4.78 is 5.03. The Bertz CT molecular complexity index is 393. The molecule has 0 radical (unpaired) electrons. The summed E-state index contributed by atoms with van der Waals surface area (Å²) in [5.41, 5.74) is 0. The van der Waals surface area contributed by atoms with E-state index in [2.05, 4.69) is 25.6 Å². The quantitative estimate of drug-likeness (QED) is 0.700. The van der Waals surface area contributed by atoms with Gasteiger partial charge in [-0.15, -0.1) is 0 Å². The lowest BCUT2D eigenvalue weighted by Gasteiger charge is -2.17. The first-order valence-corrected chi connectivity index (χ1v) is 6.59. The Morgan fingerprint density at radius 3 is 2.63 bits per heavy atom. The highest BCUT2D eigenvalue weighted by atomic mass is 16.5. The molecule has 2 atom stereocenters. The van der Waals surface area contributed by atoms with E-state index in [9.17, 15) is 5.11 Å². The second-order valence-corrected chi connectivity index (χ2v) is 4.73. The van der Waals surface area contributed by atoms with E-state index in [0.29, 0.717) is 23.7 Å². The molecule has 1 heterocycles. The Kier molecular flexibility index (Phi) is 4.73. The highest BCUT2D eigenvalue weighted by molar-refractivity contribution is 5.35. The molecule has 7 heteroatoms. The van der Waals surface area contributed by atoms with Crippen molar-refractivity contribution in [1.29, 1.82) is 0 Å². The zero-order valence-corrected chi connectivity index (χ0v) is 11.4. The zero-order valence-electron chi connectivity index (χ0n) is 11.4. The Hall–Kier alpha value is -1.63. The van der Waals surface area contributed by atoms with Gasteiger partial charge in [0.25, 0.3) is 0 Å². The summed E-state index contributed by atoms with van der Waals surface area (Å²) in [5, 5.41) is 15.4. The normalized spacial score (nSPS) is 22.3. The van der Waals surface area contributed by atoms with Crippen LogP contribution < -0.4 is 15.4 Å². The summed E-state index contributed by atoms with van der Waals surface area (Å²) in [5.74, 6) is 1.84. The molecule has 2 rings (SSSR count). The Morgan fingerprint density at radius 1 is 1.21 bits per heavy atom. The highest BCUT2D eigenvalue weighted by Gasteiger charge is 2.26. The summed E-state index contributed by atoms with van der Waals surface area (Å²) in [6.07, 6.45) is 3.42. The van der Waals surface area contributed by atoms with Crippen LogP contribution in [-0.4, -0.2) is 47.4 Å². The third-order valence-electron chi connectivity index (χ3n) is 3.59. The van der Waals surface area contributed by atoms with Crippen molar-refractivity contribution in [2.24, 2.45) is 11.8 Å². The minimum absolute atomic E-state index is 0.259. The number of nitrogens with zero attached hydrogens (tertiary/aromatic N) is 3. The summed E-state index contributed by atoms with van der Waals surface area (Å²) >= 11 is 0. The van der Waals surface area contributed by atoms with E-state index >= 15 is 0 Å². The number of ether oxygens (including phenoxy) is 1. The molecule has 1 aliphatic carbocycles. The molecule has 1 aromatic heterocycles. The van der Waals surface area contributed by atoms with Gasteiger partial charge in [0.2, 0.25) is 11.9 Å². The van der Waals surface area contributed by atoms with E-state index in [1.54, 1.807) is 7.05 Å². The third-order valence-corrected chi connectivity index (χ3v) is 3.59. The topological polar surface area (TPSA) is 92.2 Å². The fourth-order valence-electron chi connectivity index (χ4n) is 2.48. The first-order valence-electron chi connectivity index (χ1n) is 6.59. The molecule has 0 saturated heterocycles. The third kappa shape index (κ3) is 3.44. The van der Waals surface area contributed by atoms with Crippen LogP contribution >= 0.6 is 0 Å². The maximum Gasteiger partial charge on any atom is 0.322 e. The van der Waals surface area contributed by atoms with Gasteiger partial charge in [-0.25, -0.2) is 0 Å². The predicted octanol–water partition coefficient (Wildman–Crippen LogP) is 0.742. The van der Waals surface area contributed by atoms with E-state index < -0.39 is 0 Å². The first kappa shape index (κ1) is 13.8. The number of rotatable bonds is 6. The number of methoxy groups -OCH3 is 1. The van der Waals surface area contributed by atoms with Crippen LogP contribution in [0.4, 0.5) is 11.9 Å².